The van der Waals surface area contributed by atoms with E-state index < -0.39 is 11.5 Å². The van der Waals surface area contributed by atoms with Crippen LogP contribution in [0.3, 0.4) is 0 Å². The summed E-state index contributed by atoms with van der Waals surface area (Å²) in [6.45, 7) is 3.67. The first kappa shape index (κ1) is 13.9. The summed E-state index contributed by atoms with van der Waals surface area (Å²) in [4.78, 5) is 25.7. The van der Waals surface area contributed by atoms with Gasteiger partial charge in [0.05, 0.1) is 0 Å². The maximum atomic E-state index is 11.9. The number of thioether (sulfide) groups is 1. The number of carboxylic acid groups (broad SMARTS) is 1. The lowest BCUT2D eigenvalue weighted by Crippen LogP contribution is -2.55. The van der Waals surface area contributed by atoms with Crippen molar-refractivity contribution in [2.45, 2.75) is 36.7 Å². The zero-order chi connectivity index (χ0) is 14.0. The summed E-state index contributed by atoms with van der Waals surface area (Å²) in [6.07, 6.45) is 1.09. The molecule has 1 aliphatic heterocycles. The SMILES string of the molecule is CC(C)N(C=O)C1(C(=O)O)CCSc2ccccc21. The van der Waals surface area contributed by atoms with Gasteiger partial charge in [-0.05, 0) is 26.3 Å². The van der Waals surface area contributed by atoms with Crippen molar-refractivity contribution in [3.05, 3.63) is 29.8 Å². The van der Waals surface area contributed by atoms with Crippen molar-refractivity contribution in [3.8, 4) is 0 Å². The van der Waals surface area contributed by atoms with Crippen LogP contribution < -0.4 is 0 Å². The molecular weight excluding hydrogens is 262 g/mol. The average Bonchev–Trinajstić information content (AvgIpc) is 2.39. The molecule has 0 radical (unpaired) electrons. The highest BCUT2D eigenvalue weighted by Crippen LogP contribution is 2.44. The minimum atomic E-state index is -1.24. The van der Waals surface area contributed by atoms with Crippen LogP contribution in [0, 0.1) is 0 Å². The number of amides is 1. The average molecular weight is 279 g/mol. The van der Waals surface area contributed by atoms with Gasteiger partial charge >= 0.3 is 5.97 Å². The summed E-state index contributed by atoms with van der Waals surface area (Å²) in [5, 5.41) is 9.78. The second kappa shape index (κ2) is 5.25. The Balaban J connectivity index is 2.65. The van der Waals surface area contributed by atoms with Gasteiger partial charge in [0.25, 0.3) is 0 Å². The fraction of sp³-hybridized carbons (Fsp3) is 0.429. The van der Waals surface area contributed by atoms with Crippen LogP contribution in [-0.2, 0) is 15.1 Å². The summed E-state index contributed by atoms with van der Waals surface area (Å²) in [5.41, 5.74) is -0.517. The lowest BCUT2D eigenvalue weighted by atomic mass is 9.84. The summed E-state index contributed by atoms with van der Waals surface area (Å²) in [6, 6.07) is 7.29. The molecule has 102 valence electrons. The van der Waals surface area contributed by atoms with E-state index in [1.807, 2.05) is 38.1 Å². The normalized spacial score (nSPS) is 21.8. The topological polar surface area (TPSA) is 57.6 Å². The highest BCUT2D eigenvalue weighted by Gasteiger charge is 2.49. The molecule has 0 bridgehead atoms. The third kappa shape index (κ3) is 2.12. The number of carboxylic acids is 1. The number of hydrogen-bond donors (Lipinski definition) is 1. The number of carbonyl (C=O) groups is 2. The predicted octanol–water partition coefficient (Wildman–Crippen LogP) is 2.33. The van der Waals surface area contributed by atoms with Gasteiger partial charge in [-0.15, -0.1) is 11.8 Å². The highest BCUT2D eigenvalue weighted by atomic mass is 32.2. The molecule has 0 saturated carbocycles. The Kier molecular flexibility index (Phi) is 3.85. The van der Waals surface area contributed by atoms with Crippen molar-refractivity contribution >= 4 is 24.1 Å². The minimum Gasteiger partial charge on any atom is -0.479 e. The van der Waals surface area contributed by atoms with Crippen molar-refractivity contribution in [1.82, 2.24) is 4.90 Å². The van der Waals surface area contributed by atoms with E-state index in [4.69, 9.17) is 0 Å². The number of aliphatic carboxylic acids is 1. The molecule has 1 unspecified atom stereocenters. The maximum absolute atomic E-state index is 11.9. The van der Waals surface area contributed by atoms with E-state index in [0.717, 1.165) is 10.5 Å². The van der Waals surface area contributed by atoms with Crippen LogP contribution in [-0.4, -0.2) is 34.2 Å². The fourth-order valence-electron chi connectivity index (χ4n) is 2.63. The smallest absolute Gasteiger partial charge is 0.334 e. The summed E-state index contributed by atoms with van der Waals surface area (Å²) in [7, 11) is 0. The molecule has 0 fully saturated rings. The number of rotatable bonds is 4. The van der Waals surface area contributed by atoms with E-state index in [-0.39, 0.29) is 6.04 Å². The Morgan fingerprint density at radius 2 is 2.16 bits per heavy atom. The number of benzene rings is 1. The Bertz CT molecular complexity index is 503. The van der Waals surface area contributed by atoms with E-state index >= 15 is 0 Å². The summed E-state index contributed by atoms with van der Waals surface area (Å²) >= 11 is 1.64. The monoisotopic (exact) mass is 279 g/mol. The molecule has 1 aromatic rings. The fourth-order valence-corrected chi connectivity index (χ4v) is 3.82. The molecule has 1 atom stereocenters. The van der Waals surface area contributed by atoms with Gasteiger partial charge in [0.1, 0.15) is 0 Å². The largest absolute Gasteiger partial charge is 0.479 e. The Hall–Kier alpha value is -1.49. The van der Waals surface area contributed by atoms with E-state index in [1.54, 1.807) is 11.8 Å². The summed E-state index contributed by atoms with van der Waals surface area (Å²) in [5.74, 6) is -0.263. The standard InChI is InChI=1S/C14H17NO3S/c1-10(2)15(9-16)14(13(17)18)7-8-19-12-6-4-3-5-11(12)14/h3-6,9-10H,7-8H2,1-2H3,(H,17,18). The molecule has 1 N–H and O–H groups in total. The highest BCUT2D eigenvalue weighted by molar-refractivity contribution is 7.99. The predicted molar refractivity (Wildman–Crippen MR) is 74.1 cm³/mol. The molecule has 1 amide bonds. The van der Waals surface area contributed by atoms with Crippen LogP contribution in [0.25, 0.3) is 0 Å². The van der Waals surface area contributed by atoms with Crippen molar-refractivity contribution < 1.29 is 14.7 Å². The van der Waals surface area contributed by atoms with Gasteiger partial charge in [-0.3, -0.25) is 4.79 Å². The quantitative estimate of drug-likeness (QED) is 0.859. The zero-order valence-electron chi connectivity index (χ0n) is 11.0. The van der Waals surface area contributed by atoms with E-state index in [0.29, 0.717) is 18.6 Å². The molecule has 4 nitrogen and oxygen atoms in total. The van der Waals surface area contributed by atoms with Gasteiger partial charge in [0, 0.05) is 22.3 Å². The van der Waals surface area contributed by atoms with Crippen molar-refractivity contribution in [2.24, 2.45) is 0 Å². The van der Waals surface area contributed by atoms with E-state index in [2.05, 4.69) is 0 Å². The van der Waals surface area contributed by atoms with Crippen LogP contribution in [0.5, 0.6) is 0 Å². The zero-order valence-corrected chi connectivity index (χ0v) is 11.8. The second-order valence-corrected chi connectivity index (χ2v) is 6.00. The van der Waals surface area contributed by atoms with Crippen LogP contribution in [0.2, 0.25) is 0 Å². The summed E-state index contributed by atoms with van der Waals surface area (Å²) < 4.78 is 0. The van der Waals surface area contributed by atoms with Crippen LogP contribution >= 0.6 is 11.8 Å². The van der Waals surface area contributed by atoms with Gasteiger partial charge in [-0.1, -0.05) is 18.2 Å². The Labute approximate surface area is 116 Å². The van der Waals surface area contributed by atoms with Crippen LogP contribution in [0.4, 0.5) is 0 Å². The minimum absolute atomic E-state index is 0.162. The number of hydrogen-bond acceptors (Lipinski definition) is 3. The first-order chi connectivity index (χ1) is 9.04. The number of carbonyl (C=O) groups excluding carboxylic acids is 1. The molecule has 0 aromatic heterocycles. The van der Waals surface area contributed by atoms with Gasteiger partial charge in [-0.25, -0.2) is 4.79 Å². The van der Waals surface area contributed by atoms with Gasteiger partial charge in [0.15, 0.2) is 5.54 Å². The molecule has 1 heterocycles. The molecule has 0 spiro atoms. The molecule has 2 rings (SSSR count). The van der Waals surface area contributed by atoms with Crippen molar-refractivity contribution in [3.63, 3.8) is 0 Å². The second-order valence-electron chi connectivity index (χ2n) is 4.87. The lowest BCUT2D eigenvalue weighted by Gasteiger charge is -2.44. The van der Waals surface area contributed by atoms with E-state index in [9.17, 15) is 14.7 Å². The molecule has 0 aliphatic carbocycles. The molecule has 1 aromatic carbocycles. The van der Waals surface area contributed by atoms with Crippen LogP contribution in [0.15, 0.2) is 29.2 Å². The van der Waals surface area contributed by atoms with Crippen molar-refractivity contribution in [2.75, 3.05) is 5.75 Å². The first-order valence-corrected chi connectivity index (χ1v) is 7.22. The Morgan fingerprint density at radius 1 is 1.47 bits per heavy atom. The third-order valence-electron chi connectivity index (χ3n) is 3.52. The lowest BCUT2D eigenvalue weighted by molar-refractivity contribution is -0.158. The molecule has 0 saturated heterocycles. The number of fused-ring (bicyclic) bond motifs is 1. The molecule has 19 heavy (non-hydrogen) atoms. The Morgan fingerprint density at radius 3 is 2.74 bits per heavy atom. The van der Waals surface area contributed by atoms with Gasteiger partial charge in [-0.2, -0.15) is 0 Å². The van der Waals surface area contributed by atoms with Crippen LogP contribution in [0.1, 0.15) is 25.8 Å². The van der Waals surface area contributed by atoms with Gasteiger partial charge < -0.3 is 10.0 Å². The van der Waals surface area contributed by atoms with E-state index in [1.165, 1.54) is 4.90 Å². The first-order valence-electron chi connectivity index (χ1n) is 6.23. The molecule has 1 aliphatic rings. The maximum Gasteiger partial charge on any atom is 0.334 e. The third-order valence-corrected chi connectivity index (χ3v) is 4.59. The number of nitrogens with zero attached hydrogens (tertiary/aromatic N) is 1. The van der Waals surface area contributed by atoms with Gasteiger partial charge in [0.2, 0.25) is 6.41 Å². The molecular formula is C14H17NO3S. The molecule has 5 heteroatoms. The van der Waals surface area contributed by atoms with Crippen molar-refractivity contribution in [1.29, 1.82) is 0 Å².